The Morgan fingerprint density at radius 3 is 1.74 bits per heavy atom. The van der Waals surface area contributed by atoms with Crippen molar-refractivity contribution in [2.24, 2.45) is 0 Å². The fourth-order valence-corrected chi connectivity index (χ4v) is 2.66. The molecule has 0 amide bonds. The third-order valence-electron chi connectivity index (χ3n) is 2.53. The fraction of sp³-hybridized carbons (Fsp3) is 0.0769. The highest BCUT2D eigenvalue weighted by molar-refractivity contribution is 6.39. The van der Waals surface area contributed by atoms with Crippen LogP contribution in [0.2, 0.25) is 15.1 Å². The summed E-state index contributed by atoms with van der Waals surface area (Å²) >= 11 is 17.5. The summed E-state index contributed by atoms with van der Waals surface area (Å²) in [5.41, 5.74) is -0.942. The van der Waals surface area contributed by atoms with Crippen molar-refractivity contribution >= 4 is 34.8 Å². The van der Waals surface area contributed by atoms with E-state index in [1.54, 1.807) is 6.07 Å². The molecule has 0 aliphatic rings. The van der Waals surface area contributed by atoms with E-state index in [-0.39, 0.29) is 26.2 Å². The van der Waals surface area contributed by atoms with Crippen LogP contribution in [0, 0.1) is 0 Å². The van der Waals surface area contributed by atoms with E-state index in [2.05, 4.69) is 0 Å². The van der Waals surface area contributed by atoms with Crippen LogP contribution in [0.3, 0.4) is 0 Å². The summed E-state index contributed by atoms with van der Waals surface area (Å²) in [6.07, 6.45) is -4.59. The van der Waals surface area contributed by atoms with Crippen LogP contribution in [0.25, 0.3) is 11.1 Å². The number of alkyl halides is 3. The van der Waals surface area contributed by atoms with Crippen molar-refractivity contribution < 1.29 is 13.2 Å². The lowest BCUT2D eigenvalue weighted by molar-refractivity contribution is -0.137. The normalized spacial score (nSPS) is 11.7. The minimum atomic E-state index is -4.59. The molecular weight excluding hydrogens is 319 g/mol. The van der Waals surface area contributed by atoms with Gasteiger partial charge in [-0.3, -0.25) is 0 Å². The van der Waals surface area contributed by atoms with Gasteiger partial charge in [-0.1, -0.05) is 53.0 Å². The molecule has 0 radical (unpaired) electrons. The smallest absolute Gasteiger partial charge is 0.166 e. The first-order chi connectivity index (χ1) is 8.82. The number of hydrogen-bond acceptors (Lipinski definition) is 0. The topological polar surface area (TPSA) is 0 Å². The fourth-order valence-electron chi connectivity index (χ4n) is 1.78. The zero-order valence-electron chi connectivity index (χ0n) is 9.23. The number of hydrogen-bond donors (Lipinski definition) is 0. The summed E-state index contributed by atoms with van der Waals surface area (Å²) < 4.78 is 39.3. The van der Waals surface area contributed by atoms with Gasteiger partial charge < -0.3 is 0 Å². The first-order valence-corrected chi connectivity index (χ1v) is 6.26. The van der Waals surface area contributed by atoms with Crippen molar-refractivity contribution in [3.8, 4) is 11.1 Å². The van der Waals surface area contributed by atoms with Gasteiger partial charge in [0.15, 0.2) is 0 Å². The van der Waals surface area contributed by atoms with Gasteiger partial charge in [0.2, 0.25) is 0 Å². The quantitative estimate of drug-likeness (QED) is 0.574. The summed E-state index contributed by atoms with van der Waals surface area (Å²) in [6.45, 7) is 0. The Morgan fingerprint density at radius 2 is 1.21 bits per heavy atom. The summed E-state index contributed by atoms with van der Waals surface area (Å²) in [6, 6.07) is 8.41. The summed E-state index contributed by atoms with van der Waals surface area (Å²) in [5, 5.41) is -0.110. The molecule has 100 valence electrons. The van der Waals surface area contributed by atoms with Gasteiger partial charge in [-0.15, -0.1) is 0 Å². The Hall–Kier alpha value is -0.900. The molecule has 2 aromatic rings. The second-order valence-corrected chi connectivity index (χ2v) is 4.98. The van der Waals surface area contributed by atoms with Crippen molar-refractivity contribution in [2.75, 3.05) is 0 Å². The first-order valence-electron chi connectivity index (χ1n) is 5.12. The molecule has 0 atom stereocenters. The van der Waals surface area contributed by atoms with Crippen molar-refractivity contribution in [3.05, 3.63) is 57.0 Å². The van der Waals surface area contributed by atoms with Crippen molar-refractivity contribution in [3.63, 3.8) is 0 Å². The third-order valence-corrected chi connectivity index (χ3v) is 3.47. The largest absolute Gasteiger partial charge is 0.418 e. The Morgan fingerprint density at radius 1 is 0.737 bits per heavy atom. The van der Waals surface area contributed by atoms with Crippen LogP contribution in [-0.4, -0.2) is 0 Å². The highest BCUT2D eigenvalue weighted by atomic mass is 35.5. The Labute approximate surface area is 122 Å². The van der Waals surface area contributed by atoms with Crippen molar-refractivity contribution in [1.82, 2.24) is 0 Å². The molecule has 2 rings (SSSR count). The van der Waals surface area contributed by atoms with E-state index >= 15 is 0 Å². The maximum atomic E-state index is 13.1. The third kappa shape index (κ3) is 2.83. The predicted octanol–water partition coefficient (Wildman–Crippen LogP) is 6.33. The summed E-state index contributed by atoms with van der Waals surface area (Å²) in [4.78, 5) is 0. The molecule has 0 aliphatic heterocycles. The predicted molar refractivity (Wildman–Crippen MR) is 71.9 cm³/mol. The highest BCUT2D eigenvalue weighted by Gasteiger charge is 2.36. The molecule has 19 heavy (non-hydrogen) atoms. The number of rotatable bonds is 1. The van der Waals surface area contributed by atoms with Gasteiger partial charge >= 0.3 is 6.18 Å². The van der Waals surface area contributed by atoms with E-state index in [4.69, 9.17) is 34.8 Å². The van der Waals surface area contributed by atoms with E-state index in [0.29, 0.717) is 0 Å². The molecule has 0 spiro atoms. The lowest BCUT2D eigenvalue weighted by Crippen LogP contribution is -2.08. The molecule has 0 saturated carbocycles. The van der Waals surface area contributed by atoms with Crippen LogP contribution in [0.5, 0.6) is 0 Å². The molecule has 0 N–H and O–H groups in total. The second-order valence-electron chi connectivity index (χ2n) is 3.76. The minimum absolute atomic E-state index is 0.126. The van der Waals surface area contributed by atoms with Gasteiger partial charge in [-0.2, -0.15) is 13.2 Å². The van der Waals surface area contributed by atoms with Crippen molar-refractivity contribution in [2.45, 2.75) is 6.18 Å². The van der Waals surface area contributed by atoms with Crippen LogP contribution < -0.4 is 0 Å². The lowest BCUT2D eigenvalue weighted by atomic mass is 9.99. The van der Waals surface area contributed by atoms with Crippen LogP contribution >= 0.6 is 34.8 Å². The van der Waals surface area contributed by atoms with Crippen LogP contribution in [-0.2, 0) is 6.18 Å². The zero-order valence-corrected chi connectivity index (χ0v) is 11.5. The Kier molecular flexibility index (Phi) is 4.00. The molecule has 0 fully saturated rings. The minimum Gasteiger partial charge on any atom is -0.166 e. The Balaban J connectivity index is 2.81. The van der Waals surface area contributed by atoms with Crippen LogP contribution in [0.4, 0.5) is 13.2 Å². The molecule has 0 aromatic heterocycles. The standard InChI is InChI=1S/C13H6Cl3F3/c14-8-4-2-5-9(15)11(8)7-3-1-6-10(16)12(7)13(17,18)19/h1-6H. The monoisotopic (exact) mass is 324 g/mol. The SMILES string of the molecule is FC(F)(F)c1c(Cl)cccc1-c1c(Cl)cccc1Cl. The molecule has 0 aliphatic carbocycles. The van der Waals surface area contributed by atoms with Crippen molar-refractivity contribution in [1.29, 1.82) is 0 Å². The molecule has 0 heterocycles. The van der Waals surface area contributed by atoms with Crippen LogP contribution in [0.1, 0.15) is 5.56 Å². The van der Waals surface area contributed by atoms with E-state index in [1.807, 2.05) is 0 Å². The lowest BCUT2D eigenvalue weighted by Gasteiger charge is -2.16. The van der Waals surface area contributed by atoms with Gasteiger partial charge in [0, 0.05) is 15.6 Å². The second kappa shape index (κ2) is 5.23. The first kappa shape index (κ1) is 14.5. The Bertz CT molecular complexity index is 601. The molecular formula is C13H6Cl3F3. The van der Waals surface area contributed by atoms with Gasteiger partial charge in [0.05, 0.1) is 10.6 Å². The van der Waals surface area contributed by atoms with E-state index in [0.717, 1.165) is 0 Å². The van der Waals surface area contributed by atoms with Gasteiger partial charge in [-0.05, 0) is 23.8 Å². The molecule has 0 saturated heterocycles. The molecule has 0 nitrogen and oxygen atoms in total. The van der Waals surface area contributed by atoms with Gasteiger partial charge in [0.25, 0.3) is 0 Å². The summed E-state index contributed by atoms with van der Waals surface area (Å²) in [7, 11) is 0. The molecule has 0 unspecified atom stereocenters. The summed E-state index contributed by atoms with van der Waals surface area (Å²) in [5.74, 6) is 0. The van der Waals surface area contributed by atoms with Gasteiger partial charge in [0.1, 0.15) is 0 Å². The maximum Gasteiger partial charge on any atom is 0.418 e. The highest BCUT2D eigenvalue weighted by Crippen LogP contribution is 2.45. The average Bonchev–Trinajstić information content (AvgIpc) is 2.26. The van der Waals surface area contributed by atoms with E-state index in [9.17, 15) is 13.2 Å². The molecule has 0 bridgehead atoms. The maximum absolute atomic E-state index is 13.1. The average molecular weight is 326 g/mol. The van der Waals surface area contributed by atoms with Crippen LogP contribution in [0.15, 0.2) is 36.4 Å². The molecule has 2 aromatic carbocycles. The van der Waals surface area contributed by atoms with E-state index < -0.39 is 11.7 Å². The zero-order chi connectivity index (χ0) is 14.2. The number of benzene rings is 2. The van der Waals surface area contributed by atoms with E-state index in [1.165, 1.54) is 30.3 Å². The number of halogens is 6. The van der Waals surface area contributed by atoms with Gasteiger partial charge in [-0.25, -0.2) is 0 Å². The molecule has 6 heteroatoms.